The molecule has 0 unspecified atom stereocenters. The number of hydrogen-bond acceptors (Lipinski definition) is 4. The molecule has 0 aliphatic heterocycles. The van der Waals surface area contributed by atoms with E-state index in [0.29, 0.717) is 16.6 Å². The Morgan fingerprint density at radius 2 is 2.28 bits per heavy atom. The molecule has 2 aromatic rings. The van der Waals surface area contributed by atoms with Crippen LogP contribution < -0.4 is 0 Å². The molecule has 0 fully saturated rings. The number of rotatable bonds is 3. The zero-order chi connectivity index (χ0) is 12.5. The molecule has 1 aliphatic rings. The van der Waals surface area contributed by atoms with Gasteiger partial charge in [0, 0.05) is 18.6 Å². The summed E-state index contributed by atoms with van der Waals surface area (Å²) >= 11 is 5.99. The molecule has 0 bridgehead atoms. The highest BCUT2D eigenvalue weighted by Gasteiger charge is 2.26. The number of aromatic nitrogens is 4. The Morgan fingerprint density at radius 1 is 1.39 bits per heavy atom. The van der Waals surface area contributed by atoms with Crippen LogP contribution in [0.25, 0.3) is 11.2 Å². The topological polar surface area (TPSA) is 63.8 Å². The third-order valence-corrected chi connectivity index (χ3v) is 3.67. The average Bonchev–Trinajstić information content (AvgIpc) is 2.96. The van der Waals surface area contributed by atoms with E-state index in [2.05, 4.69) is 27.1 Å². The van der Waals surface area contributed by atoms with Crippen molar-refractivity contribution in [2.45, 2.75) is 18.9 Å². The van der Waals surface area contributed by atoms with Gasteiger partial charge in [-0.3, -0.25) is 0 Å². The standard InChI is InChI=1S/C12H13ClN4O/c13-11-10-12(15-6-14-11)17(7-16-10)9-3-1-2-8(9)4-5-18/h1-2,6-9,18H,3-5H2/t8-,9-/m1/s1. The number of fused-ring (bicyclic) bond motifs is 1. The van der Waals surface area contributed by atoms with Gasteiger partial charge in [-0.05, 0) is 12.8 Å². The first-order valence-electron chi connectivity index (χ1n) is 5.92. The Bertz CT molecular complexity index is 595. The molecule has 2 heterocycles. The minimum atomic E-state index is 0.188. The zero-order valence-corrected chi connectivity index (χ0v) is 10.5. The lowest BCUT2D eigenvalue weighted by Gasteiger charge is -2.20. The lowest BCUT2D eigenvalue weighted by atomic mass is 10.00. The van der Waals surface area contributed by atoms with E-state index in [1.165, 1.54) is 6.33 Å². The second-order valence-corrected chi connectivity index (χ2v) is 4.75. The predicted molar refractivity (Wildman–Crippen MR) is 68.3 cm³/mol. The van der Waals surface area contributed by atoms with Gasteiger partial charge in [-0.1, -0.05) is 23.8 Å². The monoisotopic (exact) mass is 264 g/mol. The summed E-state index contributed by atoms with van der Waals surface area (Å²) in [7, 11) is 0. The van der Waals surface area contributed by atoms with E-state index in [4.69, 9.17) is 16.7 Å². The summed E-state index contributed by atoms with van der Waals surface area (Å²) in [5.41, 5.74) is 1.39. The van der Waals surface area contributed by atoms with Crippen molar-refractivity contribution in [3.63, 3.8) is 0 Å². The second kappa shape index (κ2) is 4.66. The van der Waals surface area contributed by atoms with E-state index in [0.717, 1.165) is 18.5 Å². The summed E-state index contributed by atoms with van der Waals surface area (Å²) in [6, 6.07) is 0.258. The lowest BCUT2D eigenvalue weighted by molar-refractivity contribution is 0.250. The first-order chi connectivity index (χ1) is 8.81. The van der Waals surface area contributed by atoms with Crippen molar-refractivity contribution in [1.29, 1.82) is 0 Å². The Kier molecular flexibility index (Phi) is 3.01. The van der Waals surface area contributed by atoms with E-state index >= 15 is 0 Å². The number of aliphatic hydroxyl groups excluding tert-OH is 1. The first kappa shape index (κ1) is 11.6. The highest BCUT2D eigenvalue weighted by molar-refractivity contribution is 6.33. The van der Waals surface area contributed by atoms with Gasteiger partial charge < -0.3 is 9.67 Å². The van der Waals surface area contributed by atoms with Crippen LogP contribution in [0.2, 0.25) is 5.15 Å². The number of aliphatic hydroxyl groups is 1. The molecular formula is C12H13ClN4O. The van der Waals surface area contributed by atoms with E-state index in [1.807, 2.05) is 4.57 Å². The third kappa shape index (κ3) is 1.79. The van der Waals surface area contributed by atoms with Crippen molar-refractivity contribution in [3.05, 3.63) is 30.0 Å². The number of halogens is 1. The fourth-order valence-electron chi connectivity index (χ4n) is 2.52. The molecule has 0 aromatic carbocycles. The van der Waals surface area contributed by atoms with Crippen molar-refractivity contribution in [2.24, 2.45) is 5.92 Å². The van der Waals surface area contributed by atoms with Crippen LogP contribution in [0.1, 0.15) is 18.9 Å². The second-order valence-electron chi connectivity index (χ2n) is 4.40. The molecule has 0 spiro atoms. The molecule has 0 saturated heterocycles. The molecule has 2 aromatic heterocycles. The fourth-order valence-corrected chi connectivity index (χ4v) is 2.70. The fraction of sp³-hybridized carbons (Fsp3) is 0.417. The van der Waals surface area contributed by atoms with Crippen LogP contribution in [0.4, 0.5) is 0 Å². The van der Waals surface area contributed by atoms with Crippen molar-refractivity contribution in [1.82, 2.24) is 19.5 Å². The highest BCUT2D eigenvalue weighted by Crippen LogP contribution is 2.34. The number of hydrogen-bond donors (Lipinski definition) is 1. The van der Waals surface area contributed by atoms with Crippen LogP contribution in [0.15, 0.2) is 24.8 Å². The molecule has 18 heavy (non-hydrogen) atoms. The van der Waals surface area contributed by atoms with Crippen molar-refractivity contribution in [3.8, 4) is 0 Å². The molecule has 6 heteroatoms. The Hall–Kier alpha value is -1.46. The smallest absolute Gasteiger partial charge is 0.165 e. The predicted octanol–water partition coefficient (Wildman–Crippen LogP) is 1.98. The maximum absolute atomic E-state index is 9.09. The van der Waals surface area contributed by atoms with Crippen LogP contribution in [0.5, 0.6) is 0 Å². The summed E-state index contributed by atoms with van der Waals surface area (Å²) in [6.07, 6.45) is 9.17. The molecule has 0 amide bonds. The molecule has 94 valence electrons. The van der Waals surface area contributed by atoms with E-state index in [-0.39, 0.29) is 12.6 Å². The SMILES string of the molecule is OCC[C@H]1C=CC[C@H]1n1cnc2c(Cl)ncnc21. The summed E-state index contributed by atoms with van der Waals surface area (Å²) in [5, 5.41) is 9.47. The Morgan fingerprint density at radius 3 is 3.11 bits per heavy atom. The van der Waals surface area contributed by atoms with Gasteiger partial charge in [-0.2, -0.15) is 0 Å². The van der Waals surface area contributed by atoms with Gasteiger partial charge in [0.1, 0.15) is 11.8 Å². The molecule has 3 rings (SSSR count). The maximum atomic E-state index is 9.09. The Labute approximate surface area is 109 Å². The summed E-state index contributed by atoms with van der Waals surface area (Å²) in [4.78, 5) is 12.5. The normalized spacial score (nSPS) is 23.0. The molecule has 1 N–H and O–H groups in total. The zero-order valence-electron chi connectivity index (χ0n) is 9.70. The van der Waals surface area contributed by atoms with E-state index in [9.17, 15) is 0 Å². The van der Waals surface area contributed by atoms with Gasteiger partial charge >= 0.3 is 0 Å². The van der Waals surface area contributed by atoms with Gasteiger partial charge in [0.25, 0.3) is 0 Å². The lowest BCUT2D eigenvalue weighted by Crippen LogP contribution is -2.15. The van der Waals surface area contributed by atoms with E-state index in [1.54, 1.807) is 6.33 Å². The molecule has 5 nitrogen and oxygen atoms in total. The summed E-state index contributed by atoms with van der Waals surface area (Å²) < 4.78 is 2.03. The molecule has 1 aliphatic carbocycles. The van der Waals surface area contributed by atoms with Gasteiger partial charge in [0.15, 0.2) is 10.8 Å². The van der Waals surface area contributed by atoms with Gasteiger partial charge in [-0.25, -0.2) is 15.0 Å². The van der Waals surface area contributed by atoms with Crippen molar-refractivity contribution < 1.29 is 5.11 Å². The third-order valence-electron chi connectivity index (χ3n) is 3.39. The summed E-state index contributed by atoms with van der Waals surface area (Å²) in [6.45, 7) is 0.188. The quantitative estimate of drug-likeness (QED) is 0.680. The molecule has 0 radical (unpaired) electrons. The average molecular weight is 265 g/mol. The Balaban J connectivity index is 2.02. The van der Waals surface area contributed by atoms with Crippen LogP contribution in [0.3, 0.4) is 0 Å². The highest BCUT2D eigenvalue weighted by atomic mass is 35.5. The van der Waals surface area contributed by atoms with Crippen LogP contribution in [-0.2, 0) is 0 Å². The van der Waals surface area contributed by atoms with Gasteiger partial charge in [-0.15, -0.1) is 0 Å². The summed E-state index contributed by atoms with van der Waals surface area (Å²) in [5.74, 6) is 0.321. The molecular weight excluding hydrogens is 252 g/mol. The van der Waals surface area contributed by atoms with Crippen molar-refractivity contribution >= 4 is 22.8 Å². The van der Waals surface area contributed by atoms with Crippen LogP contribution >= 0.6 is 11.6 Å². The van der Waals surface area contributed by atoms with Crippen LogP contribution in [0, 0.1) is 5.92 Å². The van der Waals surface area contributed by atoms with Crippen molar-refractivity contribution in [2.75, 3.05) is 6.61 Å². The van der Waals surface area contributed by atoms with Crippen LogP contribution in [-0.4, -0.2) is 31.2 Å². The number of nitrogens with zero attached hydrogens (tertiary/aromatic N) is 4. The molecule has 0 saturated carbocycles. The van der Waals surface area contributed by atoms with Gasteiger partial charge in [0.2, 0.25) is 0 Å². The largest absolute Gasteiger partial charge is 0.396 e. The minimum absolute atomic E-state index is 0.188. The number of allylic oxidation sites excluding steroid dienone is 2. The number of imidazole rings is 1. The van der Waals surface area contributed by atoms with E-state index < -0.39 is 0 Å². The first-order valence-corrected chi connectivity index (χ1v) is 6.29. The minimum Gasteiger partial charge on any atom is -0.396 e. The molecule has 2 atom stereocenters. The van der Waals surface area contributed by atoms with Gasteiger partial charge in [0.05, 0.1) is 6.33 Å². The maximum Gasteiger partial charge on any atom is 0.165 e.